The summed E-state index contributed by atoms with van der Waals surface area (Å²) in [5.74, 6) is -0.488. The van der Waals surface area contributed by atoms with Gasteiger partial charge in [0, 0.05) is 37.1 Å². The fourth-order valence-corrected chi connectivity index (χ4v) is 3.18. The molecule has 2 heterocycles. The van der Waals surface area contributed by atoms with E-state index >= 15 is 0 Å². The molecule has 166 valence electrons. The van der Waals surface area contributed by atoms with Crippen LogP contribution in [0.4, 0.5) is 17.2 Å². The number of carboxylic acids is 1. The van der Waals surface area contributed by atoms with Crippen molar-refractivity contribution in [3.8, 4) is 17.0 Å². The van der Waals surface area contributed by atoms with Gasteiger partial charge in [0.05, 0.1) is 19.0 Å². The second-order valence-electron chi connectivity index (χ2n) is 7.81. The molecule has 0 unspecified atom stereocenters. The van der Waals surface area contributed by atoms with Crippen LogP contribution in [-0.4, -0.2) is 48.0 Å². The van der Waals surface area contributed by atoms with Crippen molar-refractivity contribution >= 4 is 28.9 Å². The van der Waals surface area contributed by atoms with Gasteiger partial charge in [0.2, 0.25) is 5.88 Å². The van der Waals surface area contributed by atoms with Crippen LogP contribution in [0.1, 0.15) is 29.9 Å². The fraction of sp³-hybridized carbons (Fsp3) is 0.250. The van der Waals surface area contributed by atoms with Gasteiger partial charge < -0.3 is 25.5 Å². The van der Waals surface area contributed by atoms with Gasteiger partial charge in [0.25, 0.3) is 0 Å². The highest BCUT2D eigenvalue weighted by molar-refractivity contribution is 6.10. The van der Waals surface area contributed by atoms with Crippen LogP contribution in [-0.2, 0) is 0 Å². The number of anilines is 3. The molecule has 0 bridgehead atoms. The lowest BCUT2D eigenvalue weighted by Crippen LogP contribution is -2.16. The molecule has 2 aromatic heterocycles. The summed E-state index contributed by atoms with van der Waals surface area (Å²) >= 11 is 0. The number of nitrogens with zero attached hydrogens (tertiary/aromatic N) is 3. The number of nitrogens with one attached hydrogen (secondary N) is 2. The van der Waals surface area contributed by atoms with E-state index in [0.29, 0.717) is 34.2 Å². The number of hydrogen-bond acceptors (Lipinski definition) is 7. The first kappa shape index (κ1) is 22.7. The summed E-state index contributed by atoms with van der Waals surface area (Å²) in [5.41, 5.74) is 3.85. The van der Waals surface area contributed by atoms with Crippen LogP contribution in [0.15, 0.2) is 48.7 Å². The minimum absolute atomic E-state index is 0.0955. The number of ether oxygens (including phenoxy) is 1. The van der Waals surface area contributed by atoms with Crippen LogP contribution in [0.25, 0.3) is 11.1 Å². The van der Waals surface area contributed by atoms with Crippen LogP contribution in [0, 0.1) is 11.3 Å². The zero-order valence-electron chi connectivity index (χ0n) is 18.8. The summed E-state index contributed by atoms with van der Waals surface area (Å²) in [6.07, 6.45) is 1.57. The van der Waals surface area contributed by atoms with E-state index in [9.17, 15) is 9.90 Å². The zero-order chi connectivity index (χ0) is 23.4. The number of aromatic carboxylic acids is 1. The molecule has 8 heteroatoms. The Labute approximate surface area is 187 Å². The summed E-state index contributed by atoms with van der Waals surface area (Å²) in [6.45, 7) is 3.84. The van der Waals surface area contributed by atoms with E-state index in [2.05, 4.69) is 15.3 Å². The van der Waals surface area contributed by atoms with E-state index in [0.717, 1.165) is 11.3 Å². The Bertz CT molecular complexity index is 1120. The van der Waals surface area contributed by atoms with Crippen LogP contribution >= 0.6 is 0 Å². The SMILES string of the molecule is COc1ccc(Nc2nc(C(=O)O)cc(-c3ccc(N(C)C)cc3)c2C(=N)C(C)C)cn1. The quantitative estimate of drug-likeness (QED) is 0.442. The predicted molar refractivity (Wildman–Crippen MR) is 127 cm³/mol. The molecular formula is C24H27N5O3. The maximum Gasteiger partial charge on any atom is 0.354 e. The molecule has 1 aromatic carbocycles. The van der Waals surface area contributed by atoms with Crippen LogP contribution in [0.5, 0.6) is 5.88 Å². The van der Waals surface area contributed by atoms with E-state index in [1.54, 1.807) is 18.3 Å². The van der Waals surface area contributed by atoms with Gasteiger partial charge in [-0.3, -0.25) is 0 Å². The number of hydrogen-bond donors (Lipinski definition) is 3. The maximum atomic E-state index is 11.9. The summed E-state index contributed by atoms with van der Waals surface area (Å²) in [6, 6.07) is 12.7. The number of rotatable bonds is 8. The molecule has 0 atom stereocenters. The standard InChI is InChI=1S/C24H27N5O3/c1-14(2)22(25)21-18(15-6-9-17(10-7-15)29(3)4)12-19(24(30)31)28-23(21)27-16-8-11-20(32-5)26-13-16/h6-14,25H,1-5H3,(H,27,28)(H,30,31). The Balaban J connectivity index is 2.21. The number of methoxy groups -OCH3 is 1. The first-order valence-corrected chi connectivity index (χ1v) is 10.1. The molecule has 0 aliphatic rings. The van der Waals surface area contributed by atoms with Crippen molar-refractivity contribution in [1.82, 2.24) is 9.97 Å². The monoisotopic (exact) mass is 433 g/mol. The third-order valence-electron chi connectivity index (χ3n) is 4.99. The van der Waals surface area contributed by atoms with Gasteiger partial charge in [-0.05, 0) is 41.3 Å². The largest absolute Gasteiger partial charge is 0.481 e. The number of carboxylic acid groups (broad SMARTS) is 1. The zero-order valence-corrected chi connectivity index (χ0v) is 18.8. The second kappa shape index (κ2) is 9.47. The summed E-state index contributed by atoms with van der Waals surface area (Å²) in [5, 5.41) is 21.6. The normalized spacial score (nSPS) is 10.7. The topological polar surface area (TPSA) is 111 Å². The lowest BCUT2D eigenvalue weighted by atomic mass is 9.91. The van der Waals surface area contributed by atoms with Crippen LogP contribution in [0.2, 0.25) is 0 Å². The minimum Gasteiger partial charge on any atom is -0.481 e. The van der Waals surface area contributed by atoms with Crippen molar-refractivity contribution < 1.29 is 14.6 Å². The second-order valence-corrected chi connectivity index (χ2v) is 7.81. The smallest absolute Gasteiger partial charge is 0.354 e. The molecule has 0 aliphatic heterocycles. The molecule has 0 fully saturated rings. The van der Waals surface area contributed by atoms with Gasteiger partial charge >= 0.3 is 5.97 Å². The van der Waals surface area contributed by atoms with E-state index in [1.807, 2.05) is 57.1 Å². The van der Waals surface area contributed by atoms with Crippen molar-refractivity contribution in [2.24, 2.45) is 5.92 Å². The first-order chi connectivity index (χ1) is 15.2. The highest BCUT2D eigenvalue weighted by Crippen LogP contribution is 2.34. The van der Waals surface area contributed by atoms with Gasteiger partial charge in [0.1, 0.15) is 5.82 Å². The molecule has 0 radical (unpaired) electrons. The third-order valence-corrected chi connectivity index (χ3v) is 4.99. The van der Waals surface area contributed by atoms with Crippen molar-refractivity contribution in [3.05, 3.63) is 59.9 Å². The molecule has 0 aliphatic carbocycles. The van der Waals surface area contributed by atoms with E-state index in [1.165, 1.54) is 13.2 Å². The van der Waals surface area contributed by atoms with Crippen LogP contribution < -0.4 is 15.0 Å². The molecule has 8 nitrogen and oxygen atoms in total. The van der Waals surface area contributed by atoms with E-state index < -0.39 is 5.97 Å². The maximum absolute atomic E-state index is 11.9. The Kier molecular flexibility index (Phi) is 6.73. The van der Waals surface area contributed by atoms with Crippen molar-refractivity contribution in [2.45, 2.75) is 13.8 Å². The Hall–Kier alpha value is -3.94. The number of pyridine rings is 2. The molecular weight excluding hydrogens is 406 g/mol. The van der Waals surface area contributed by atoms with Crippen molar-refractivity contribution in [2.75, 3.05) is 31.4 Å². The fourth-order valence-electron chi connectivity index (χ4n) is 3.18. The molecule has 0 saturated heterocycles. The first-order valence-electron chi connectivity index (χ1n) is 10.1. The van der Waals surface area contributed by atoms with Gasteiger partial charge in [-0.15, -0.1) is 0 Å². The summed E-state index contributed by atoms with van der Waals surface area (Å²) in [4.78, 5) is 22.3. The molecule has 32 heavy (non-hydrogen) atoms. The Morgan fingerprint density at radius 1 is 1.16 bits per heavy atom. The summed E-state index contributed by atoms with van der Waals surface area (Å²) < 4.78 is 5.10. The number of benzene rings is 1. The predicted octanol–water partition coefficient (Wildman–Crippen LogP) is 4.68. The summed E-state index contributed by atoms with van der Waals surface area (Å²) in [7, 11) is 5.44. The molecule has 0 saturated carbocycles. The Morgan fingerprint density at radius 2 is 1.84 bits per heavy atom. The van der Waals surface area contributed by atoms with Gasteiger partial charge in [-0.1, -0.05) is 26.0 Å². The average molecular weight is 434 g/mol. The van der Waals surface area contributed by atoms with E-state index in [-0.39, 0.29) is 11.6 Å². The van der Waals surface area contributed by atoms with Crippen molar-refractivity contribution in [1.29, 1.82) is 5.41 Å². The lowest BCUT2D eigenvalue weighted by Gasteiger charge is -2.20. The lowest BCUT2D eigenvalue weighted by molar-refractivity contribution is 0.0690. The third kappa shape index (κ3) is 4.85. The van der Waals surface area contributed by atoms with E-state index in [4.69, 9.17) is 10.1 Å². The van der Waals surface area contributed by atoms with Crippen LogP contribution in [0.3, 0.4) is 0 Å². The van der Waals surface area contributed by atoms with Gasteiger partial charge in [0.15, 0.2) is 5.69 Å². The number of aromatic nitrogens is 2. The molecule has 3 aromatic rings. The van der Waals surface area contributed by atoms with Crippen molar-refractivity contribution in [3.63, 3.8) is 0 Å². The average Bonchev–Trinajstić information content (AvgIpc) is 2.78. The number of carbonyl (C=O) groups is 1. The minimum atomic E-state index is -1.14. The van der Waals surface area contributed by atoms with Gasteiger partial charge in [-0.2, -0.15) is 0 Å². The molecule has 3 rings (SSSR count). The highest BCUT2D eigenvalue weighted by Gasteiger charge is 2.22. The van der Waals surface area contributed by atoms with Gasteiger partial charge in [-0.25, -0.2) is 14.8 Å². The Morgan fingerprint density at radius 3 is 2.34 bits per heavy atom. The molecule has 0 amide bonds. The molecule has 3 N–H and O–H groups in total. The molecule has 0 spiro atoms. The highest BCUT2D eigenvalue weighted by atomic mass is 16.5.